The van der Waals surface area contributed by atoms with Crippen molar-refractivity contribution in [2.75, 3.05) is 6.61 Å². The van der Waals surface area contributed by atoms with E-state index in [-0.39, 0.29) is 23.0 Å². The molecule has 0 spiro atoms. The third-order valence-electron chi connectivity index (χ3n) is 4.46. The van der Waals surface area contributed by atoms with Crippen molar-refractivity contribution in [3.63, 3.8) is 0 Å². The molecule has 0 aliphatic carbocycles. The Morgan fingerprint density at radius 3 is 2.50 bits per heavy atom. The van der Waals surface area contributed by atoms with Crippen LogP contribution in [-0.4, -0.2) is 36.3 Å². The fraction of sp³-hybridized carbons (Fsp3) is 0.333. The van der Waals surface area contributed by atoms with Crippen LogP contribution < -0.4 is 0 Å². The van der Waals surface area contributed by atoms with E-state index in [1.54, 1.807) is 39.0 Å². The van der Waals surface area contributed by atoms with Crippen molar-refractivity contribution >= 4 is 21.9 Å². The third-order valence-corrected chi connectivity index (χ3v) is 6.16. The Labute approximate surface area is 152 Å². The van der Waals surface area contributed by atoms with Gasteiger partial charge < -0.3 is 4.74 Å². The van der Waals surface area contributed by atoms with Crippen LogP contribution in [0, 0.1) is 5.92 Å². The highest BCUT2D eigenvalue weighted by molar-refractivity contribution is 7.90. The monoisotopic (exact) mass is 376 g/mol. The normalized spacial score (nSPS) is 21.6. The van der Waals surface area contributed by atoms with Gasteiger partial charge in [0.1, 0.15) is 4.90 Å². The maximum atomic E-state index is 13.0. The zero-order valence-corrected chi connectivity index (χ0v) is 15.8. The molecule has 3 rings (SSSR count). The van der Waals surface area contributed by atoms with Crippen LogP contribution in [0.15, 0.2) is 52.2 Å². The number of amides is 1. The second kappa shape index (κ2) is 6.28. The molecule has 0 radical (unpaired) electrons. The van der Waals surface area contributed by atoms with E-state index in [1.165, 1.54) is 17.1 Å². The van der Waals surface area contributed by atoms with Gasteiger partial charge in [-0.3, -0.25) is 4.79 Å². The Balaban J connectivity index is 2.15. The number of allylic oxidation sites excluding steroid dienone is 3. The number of sulfonamides is 1. The summed E-state index contributed by atoms with van der Waals surface area (Å²) in [6.45, 7) is 7.05. The lowest BCUT2D eigenvalue weighted by Gasteiger charge is -2.37. The highest BCUT2D eigenvalue weighted by Crippen LogP contribution is 2.38. The summed E-state index contributed by atoms with van der Waals surface area (Å²) < 4.78 is 31.8. The number of carbonyl (C=O) groups excluding carboxylic acids is 2. The smallest absolute Gasteiger partial charge is 0.336 e. The van der Waals surface area contributed by atoms with E-state index in [1.807, 2.05) is 6.92 Å². The first-order valence-corrected chi connectivity index (χ1v) is 9.70. The molecule has 8 heteroatoms. The Morgan fingerprint density at radius 1 is 1.23 bits per heavy atom. The minimum absolute atomic E-state index is 0.0399. The SMILES string of the molecule is CCOC(=O)C1=C(C)N(N2C(=O)c3ccccc3S2(=O)=O)C(C)=CC1C. The van der Waals surface area contributed by atoms with Crippen molar-refractivity contribution in [1.82, 2.24) is 9.42 Å². The van der Waals surface area contributed by atoms with E-state index in [9.17, 15) is 18.0 Å². The summed E-state index contributed by atoms with van der Waals surface area (Å²) in [5, 5.41) is 1.28. The van der Waals surface area contributed by atoms with Gasteiger partial charge in [0.25, 0.3) is 15.9 Å². The maximum Gasteiger partial charge on any atom is 0.336 e. The number of hydrogen-bond donors (Lipinski definition) is 0. The van der Waals surface area contributed by atoms with Gasteiger partial charge in [-0.25, -0.2) is 9.80 Å². The van der Waals surface area contributed by atoms with Gasteiger partial charge in [-0.05, 0) is 32.9 Å². The zero-order valence-electron chi connectivity index (χ0n) is 15.0. The predicted octanol–water partition coefficient (Wildman–Crippen LogP) is 2.44. The van der Waals surface area contributed by atoms with Gasteiger partial charge in [-0.15, -0.1) is 4.41 Å². The summed E-state index contributed by atoms with van der Waals surface area (Å²) in [5.41, 5.74) is 1.36. The van der Waals surface area contributed by atoms with Crippen molar-refractivity contribution < 1.29 is 22.7 Å². The summed E-state index contributed by atoms with van der Waals surface area (Å²) in [4.78, 5) is 25.1. The van der Waals surface area contributed by atoms with Crippen LogP contribution in [0.2, 0.25) is 0 Å². The number of benzene rings is 1. The molecule has 138 valence electrons. The molecule has 1 aromatic carbocycles. The lowest BCUT2D eigenvalue weighted by atomic mass is 9.94. The number of esters is 1. The molecule has 2 heterocycles. The van der Waals surface area contributed by atoms with Crippen LogP contribution in [0.25, 0.3) is 0 Å². The van der Waals surface area contributed by atoms with E-state index in [2.05, 4.69) is 0 Å². The molecule has 0 saturated carbocycles. The largest absolute Gasteiger partial charge is 0.463 e. The molecule has 0 bridgehead atoms. The van der Waals surface area contributed by atoms with Crippen molar-refractivity contribution in [3.05, 3.63) is 52.9 Å². The van der Waals surface area contributed by atoms with Crippen LogP contribution in [0.4, 0.5) is 0 Å². The van der Waals surface area contributed by atoms with Gasteiger partial charge >= 0.3 is 5.97 Å². The standard InChI is InChI=1S/C18H20N2O5S/c1-5-25-18(22)16-11(2)10-12(3)19(13(16)4)20-17(21)14-8-6-7-9-15(14)26(20,23)24/h6-11H,5H2,1-4H3. The van der Waals surface area contributed by atoms with Gasteiger partial charge in [0, 0.05) is 17.3 Å². The second-order valence-corrected chi connectivity index (χ2v) is 7.91. The minimum atomic E-state index is -4.06. The maximum absolute atomic E-state index is 13.0. The summed E-state index contributed by atoms with van der Waals surface area (Å²) >= 11 is 0. The average Bonchev–Trinajstić information content (AvgIpc) is 2.76. The number of nitrogens with zero attached hydrogens (tertiary/aromatic N) is 2. The molecule has 0 N–H and O–H groups in total. The molecule has 1 atom stereocenters. The van der Waals surface area contributed by atoms with Crippen molar-refractivity contribution in [3.8, 4) is 0 Å². The molecule has 1 aromatic rings. The molecule has 0 aromatic heterocycles. The van der Waals surface area contributed by atoms with E-state index in [0.717, 1.165) is 4.41 Å². The van der Waals surface area contributed by atoms with E-state index >= 15 is 0 Å². The molecule has 7 nitrogen and oxygen atoms in total. The number of rotatable bonds is 3. The van der Waals surface area contributed by atoms with Gasteiger partial charge in [0.05, 0.1) is 17.7 Å². The van der Waals surface area contributed by atoms with Crippen molar-refractivity contribution in [1.29, 1.82) is 0 Å². The first kappa shape index (κ1) is 18.2. The Morgan fingerprint density at radius 2 is 1.88 bits per heavy atom. The Bertz CT molecular complexity index is 962. The van der Waals surface area contributed by atoms with Crippen LogP contribution in [0.3, 0.4) is 0 Å². The topological polar surface area (TPSA) is 84.0 Å². The van der Waals surface area contributed by atoms with E-state index in [4.69, 9.17) is 4.74 Å². The summed E-state index contributed by atoms with van der Waals surface area (Å²) in [6, 6.07) is 6.07. The molecule has 2 aliphatic heterocycles. The van der Waals surface area contributed by atoms with Gasteiger partial charge in [-0.2, -0.15) is 8.42 Å². The van der Waals surface area contributed by atoms with Crippen LogP contribution >= 0.6 is 0 Å². The van der Waals surface area contributed by atoms with Crippen LogP contribution in [0.1, 0.15) is 38.1 Å². The number of hydrazine groups is 1. The highest BCUT2D eigenvalue weighted by Gasteiger charge is 2.47. The van der Waals surface area contributed by atoms with Crippen LogP contribution in [0.5, 0.6) is 0 Å². The third kappa shape index (κ3) is 2.52. The highest BCUT2D eigenvalue weighted by atomic mass is 32.2. The number of fused-ring (bicyclic) bond motifs is 1. The summed E-state index contributed by atoms with van der Waals surface area (Å²) in [7, 11) is -4.06. The number of hydrogen-bond acceptors (Lipinski definition) is 6. The Hall–Kier alpha value is -2.61. The second-order valence-electron chi connectivity index (χ2n) is 6.18. The average molecular weight is 376 g/mol. The first-order valence-electron chi connectivity index (χ1n) is 8.26. The first-order chi connectivity index (χ1) is 12.2. The molecule has 26 heavy (non-hydrogen) atoms. The molecular formula is C18H20N2O5S. The predicted molar refractivity (Wildman–Crippen MR) is 93.9 cm³/mol. The number of ether oxygens (including phenoxy) is 1. The van der Waals surface area contributed by atoms with Crippen LogP contribution in [-0.2, 0) is 19.6 Å². The van der Waals surface area contributed by atoms with Crippen molar-refractivity contribution in [2.45, 2.75) is 32.6 Å². The lowest BCUT2D eigenvalue weighted by Crippen LogP contribution is -2.46. The molecule has 0 fully saturated rings. The molecule has 2 aliphatic rings. The lowest BCUT2D eigenvalue weighted by molar-refractivity contribution is -0.139. The quantitative estimate of drug-likeness (QED) is 0.754. The molecule has 1 unspecified atom stereocenters. The van der Waals surface area contributed by atoms with E-state index < -0.39 is 21.9 Å². The molecule has 0 saturated heterocycles. The number of carbonyl (C=O) groups is 2. The summed E-state index contributed by atoms with van der Waals surface area (Å²) in [5.74, 6) is -1.42. The fourth-order valence-corrected chi connectivity index (χ4v) is 5.07. The van der Waals surface area contributed by atoms with Gasteiger partial charge in [0.2, 0.25) is 0 Å². The minimum Gasteiger partial charge on any atom is -0.463 e. The van der Waals surface area contributed by atoms with Gasteiger partial charge in [0.15, 0.2) is 0 Å². The zero-order chi connectivity index (χ0) is 19.2. The summed E-state index contributed by atoms with van der Waals surface area (Å²) in [6.07, 6.45) is 1.74. The molecular weight excluding hydrogens is 356 g/mol. The van der Waals surface area contributed by atoms with E-state index in [0.29, 0.717) is 17.0 Å². The fourth-order valence-electron chi connectivity index (χ4n) is 3.42. The Kier molecular flexibility index (Phi) is 4.39. The van der Waals surface area contributed by atoms with Crippen molar-refractivity contribution in [2.24, 2.45) is 5.92 Å². The van der Waals surface area contributed by atoms with Gasteiger partial charge in [-0.1, -0.05) is 25.1 Å². The molecule has 1 amide bonds.